The Morgan fingerprint density at radius 3 is 2.83 bits per heavy atom. The summed E-state index contributed by atoms with van der Waals surface area (Å²) < 4.78 is 4.41. The van der Waals surface area contributed by atoms with Gasteiger partial charge >= 0.3 is 5.97 Å². The van der Waals surface area contributed by atoms with E-state index in [1.165, 1.54) is 7.11 Å². The Hall–Kier alpha value is -2.01. The number of methoxy groups -OCH3 is 1. The van der Waals surface area contributed by atoms with Gasteiger partial charge in [0.05, 0.1) is 24.2 Å². The topological polar surface area (TPSA) is 82.4 Å². The molecule has 0 aliphatic carbocycles. The standard InChI is InChI=1S/C12H13ClN2O3/c1-18-12(17)7-8(14)6-11(16)15-10-5-3-2-4-9(10)13/h2-6,14-16H,7H2,1H3/b11-6+,14-8?. The number of benzene rings is 1. The van der Waals surface area contributed by atoms with Crippen LogP contribution in [0.4, 0.5) is 5.69 Å². The molecule has 0 aliphatic heterocycles. The van der Waals surface area contributed by atoms with Gasteiger partial charge in [-0.15, -0.1) is 0 Å². The summed E-state index contributed by atoms with van der Waals surface area (Å²) in [5.74, 6) is -0.807. The average molecular weight is 269 g/mol. The van der Waals surface area contributed by atoms with Gasteiger partial charge in [0.1, 0.15) is 0 Å². The molecule has 0 heterocycles. The zero-order valence-electron chi connectivity index (χ0n) is 9.74. The van der Waals surface area contributed by atoms with Crippen molar-refractivity contribution in [1.29, 1.82) is 5.41 Å². The molecule has 1 aromatic carbocycles. The minimum atomic E-state index is -0.540. The Kier molecular flexibility index (Phi) is 5.20. The number of rotatable bonds is 5. The zero-order chi connectivity index (χ0) is 13.5. The number of hydrogen-bond acceptors (Lipinski definition) is 5. The predicted molar refractivity (Wildman–Crippen MR) is 70.1 cm³/mol. The maximum atomic E-state index is 10.9. The number of hydrogen-bond donors (Lipinski definition) is 3. The highest BCUT2D eigenvalue weighted by molar-refractivity contribution is 6.33. The third-order valence-corrected chi connectivity index (χ3v) is 2.34. The fourth-order valence-electron chi connectivity index (χ4n) is 1.18. The zero-order valence-corrected chi connectivity index (χ0v) is 10.5. The van der Waals surface area contributed by atoms with Gasteiger partial charge in [0, 0.05) is 11.8 Å². The van der Waals surface area contributed by atoms with Crippen molar-refractivity contribution in [3.05, 3.63) is 41.2 Å². The summed E-state index contributed by atoms with van der Waals surface area (Å²) >= 11 is 5.88. The number of ether oxygens (including phenoxy) is 1. The third-order valence-electron chi connectivity index (χ3n) is 2.01. The maximum Gasteiger partial charge on any atom is 0.311 e. The van der Waals surface area contributed by atoms with Gasteiger partial charge in [-0.3, -0.25) is 4.79 Å². The highest BCUT2D eigenvalue weighted by Gasteiger charge is 2.06. The highest BCUT2D eigenvalue weighted by Crippen LogP contribution is 2.21. The number of carbonyl (C=O) groups is 1. The Labute approximate surface area is 110 Å². The van der Waals surface area contributed by atoms with Crippen molar-refractivity contribution in [3.63, 3.8) is 0 Å². The molecule has 3 N–H and O–H groups in total. The van der Waals surface area contributed by atoms with Crippen LogP contribution in [0.1, 0.15) is 6.42 Å². The fourth-order valence-corrected chi connectivity index (χ4v) is 1.36. The summed E-state index contributed by atoms with van der Waals surface area (Å²) in [5.41, 5.74) is 0.442. The minimum Gasteiger partial charge on any atom is -0.495 e. The van der Waals surface area contributed by atoms with Crippen molar-refractivity contribution >= 4 is 29.0 Å². The molecular formula is C12H13ClN2O3. The van der Waals surface area contributed by atoms with Crippen molar-refractivity contribution in [2.24, 2.45) is 0 Å². The summed E-state index contributed by atoms with van der Waals surface area (Å²) in [7, 11) is 1.24. The smallest absolute Gasteiger partial charge is 0.311 e. The molecule has 1 rings (SSSR count). The number of aliphatic hydroxyl groups excluding tert-OH is 1. The Balaban J connectivity index is 2.65. The van der Waals surface area contributed by atoms with Crippen molar-refractivity contribution in [1.82, 2.24) is 0 Å². The van der Waals surface area contributed by atoms with Crippen LogP contribution in [0.25, 0.3) is 0 Å². The van der Waals surface area contributed by atoms with E-state index in [-0.39, 0.29) is 18.0 Å². The van der Waals surface area contributed by atoms with Crippen molar-refractivity contribution in [2.45, 2.75) is 6.42 Å². The lowest BCUT2D eigenvalue weighted by Gasteiger charge is -2.07. The van der Waals surface area contributed by atoms with E-state index in [0.717, 1.165) is 6.08 Å². The van der Waals surface area contributed by atoms with Crippen LogP contribution in [0.5, 0.6) is 0 Å². The van der Waals surface area contributed by atoms with Crippen LogP contribution >= 0.6 is 11.6 Å². The number of halogens is 1. The van der Waals surface area contributed by atoms with E-state index in [4.69, 9.17) is 17.0 Å². The molecule has 96 valence electrons. The molecule has 0 bridgehead atoms. The molecular weight excluding hydrogens is 256 g/mol. The maximum absolute atomic E-state index is 10.9. The third kappa shape index (κ3) is 4.47. The number of esters is 1. The van der Waals surface area contributed by atoms with E-state index in [1.807, 2.05) is 0 Å². The Bertz CT molecular complexity index is 486. The van der Waals surface area contributed by atoms with Gasteiger partial charge in [0.2, 0.25) is 0 Å². The van der Waals surface area contributed by atoms with E-state index in [1.54, 1.807) is 24.3 Å². The van der Waals surface area contributed by atoms with E-state index in [9.17, 15) is 9.90 Å². The molecule has 1 aromatic rings. The van der Waals surface area contributed by atoms with Gasteiger partial charge in [-0.2, -0.15) is 0 Å². The van der Waals surface area contributed by atoms with Gasteiger partial charge < -0.3 is 20.6 Å². The minimum absolute atomic E-state index is 0.0705. The first kappa shape index (κ1) is 14.1. The largest absolute Gasteiger partial charge is 0.495 e. The molecule has 5 nitrogen and oxygen atoms in total. The molecule has 0 amide bonds. The molecule has 0 atom stereocenters. The van der Waals surface area contributed by atoms with Gasteiger partial charge in [-0.05, 0) is 12.1 Å². The first-order valence-electron chi connectivity index (χ1n) is 5.09. The Morgan fingerprint density at radius 2 is 2.22 bits per heavy atom. The molecule has 0 aromatic heterocycles. The number of para-hydroxylation sites is 1. The summed E-state index contributed by atoms with van der Waals surface area (Å²) in [6.07, 6.45) is 0.922. The Morgan fingerprint density at radius 1 is 1.56 bits per heavy atom. The molecule has 0 saturated carbocycles. The summed E-state index contributed by atoms with van der Waals surface area (Å²) in [6, 6.07) is 6.85. The average Bonchev–Trinajstić information content (AvgIpc) is 2.31. The van der Waals surface area contributed by atoms with E-state index in [2.05, 4.69) is 10.1 Å². The van der Waals surface area contributed by atoms with Gasteiger partial charge in [-0.1, -0.05) is 23.7 Å². The van der Waals surface area contributed by atoms with Crippen LogP contribution in [0.3, 0.4) is 0 Å². The second-order valence-electron chi connectivity index (χ2n) is 3.41. The summed E-state index contributed by atoms with van der Waals surface area (Å²) in [6.45, 7) is 0. The molecule has 0 saturated heterocycles. The molecule has 6 heteroatoms. The van der Waals surface area contributed by atoms with Gasteiger partial charge in [0.15, 0.2) is 5.88 Å². The molecule has 0 unspecified atom stereocenters. The van der Waals surface area contributed by atoms with Crippen LogP contribution in [0.15, 0.2) is 36.2 Å². The lowest BCUT2D eigenvalue weighted by atomic mass is 10.2. The van der Waals surface area contributed by atoms with E-state index in [0.29, 0.717) is 10.7 Å². The normalized spacial score (nSPS) is 10.9. The number of anilines is 1. The number of carbonyl (C=O) groups excluding carboxylic acids is 1. The lowest BCUT2D eigenvalue weighted by Crippen LogP contribution is -2.09. The second kappa shape index (κ2) is 6.66. The molecule has 0 spiro atoms. The number of nitrogens with one attached hydrogen (secondary N) is 2. The van der Waals surface area contributed by atoms with Crippen LogP contribution in [0.2, 0.25) is 5.02 Å². The monoisotopic (exact) mass is 268 g/mol. The molecule has 18 heavy (non-hydrogen) atoms. The number of aliphatic hydroxyl groups is 1. The lowest BCUT2D eigenvalue weighted by molar-refractivity contribution is -0.139. The predicted octanol–water partition coefficient (Wildman–Crippen LogP) is 2.73. The van der Waals surface area contributed by atoms with E-state index >= 15 is 0 Å². The first-order chi connectivity index (χ1) is 8.52. The first-order valence-corrected chi connectivity index (χ1v) is 5.47. The SMILES string of the molecule is COC(=O)CC(=N)/C=C(/O)Nc1ccccc1Cl. The van der Waals surface area contributed by atoms with E-state index < -0.39 is 5.97 Å². The van der Waals surface area contributed by atoms with Gasteiger partial charge in [0.25, 0.3) is 0 Å². The van der Waals surface area contributed by atoms with Crippen molar-refractivity contribution in [3.8, 4) is 0 Å². The quantitative estimate of drug-likeness (QED) is 0.436. The van der Waals surface area contributed by atoms with Crippen LogP contribution < -0.4 is 5.32 Å². The summed E-state index contributed by atoms with van der Waals surface area (Å²) in [4.78, 5) is 10.9. The van der Waals surface area contributed by atoms with Gasteiger partial charge in [-0.25, -0.2) is 0 Å². The van der Waals surface area contributed by atoms with Crippen molar-refractivity contribution < 1.29 is 14.6 Å². The van der Waals surface area contributed by atoms with Crippen LogP contribution in [0, 0.1) is 5.41 Å². The number of allylic oxidation sites excluding steroid dienone is 1. The highest BCUT2D eigenvalue weighted by atomic mass is 35.5. The molecule has 0 radical (unpaired) electrons. The summed E-state index contributed by atoms with van der Waals surface area (Å²) in [5, 5.41) is 20.1. The van der Waals surface area contributed by atoms with Crippen LogP contribution in [-0.4, -0.2) is 23.9 Å². The van der Waals surface area contributed by atoms with Crippen LogP contribution in [-0.2, 0) is 9.53 Å². The fraction of sp³-hybridized carbons (Fsp3) is 0.167. The second-order valence-corrected chi connectivity index (χ2v) is 3.82. The molecule has 0 fully saturated rings. The van der Waals surface area contributed by atoms with Crippen molar-refractivity contribution in [2.75, 3.05) is 12.4 Å². The molecule has 0 aliphatic rings.